The fraction of sp³-hybridized carbons (Fsp3) is 0.462. The van der Waals surface area contributed by atoms with E-state index in [0.717, 1.165) is 0 Å². The van der Waals surface area contributed by atoms with E-state index in [1.54, 1.807) is 6.07 Å². The van der Waals surface area contributed by atoms with Gasteiger partial charge in [-0.25, -0.2) is 0 Å². The van der Waals surface area contributed by atoms with Crippen LogP contribution in [0.2, 0.25) is 5.02 Å². The third-order valence-corrected chi connectivity index (χ3v) is 3.08. The van der Waals surface area contributed by atoms with E-state index in [4.69, 9.17) is 11.6 Å². The van der Waals surface area contributed by atoms with E-state index in [1.807, 2.05) is 27.7 Å². The van der Waals surface area contributed by atoms with Gasteiger partial charge in [-0.1, -0.05) is 32.4 Å². The molecular formula is C13H18ClNO2. The Hall–Kier alpha value is -1.22. The minimum absolute atomic E-state index is 0.00613. The Morgan fingerprint density at radius 1 is 1.41 bits per heavy atom. The number of amides is 1. The molecule has 0 spiro atoms. The lowest BCUT2D eigenvalue weighted by atomic mass is 9.88. The van der Waals surface area contributed by atoms with Crippen LogP contribution >= 0.6 is 11.6 Å². The summed E-state index contributed by atoms with van der Waals surface area (Å²) in [6.45, 7) is 8.04. The predicted molar refractivity (Wildman–Crippen MR) is 69.5 cm³/mol. The van der Waals surface area contributed by atoms with Crippen LogP contribution in [0.25, 0.3) is 0 Å². The SMILES string of the molecule is CC(NC(=O)c1cc(Cl)ccc1O)C(C)(C)C. The fourth-order valence-corrected chi connectivity index (χ4v) is 1.35. The Kier molecular flexibility index (Phi) is 4.04. The molecule has 0 aliphatic rings. The van der Waals surface area contributed by atoms with Gasteiger partial charge in [0.15, 0.2) is 0 Å². The molecule has 0 saturated heterocycles. The number of nitrogens with one attached hydrogen (secondary N) is 1. The number of hydrogen-bond acceptors (Lipinski definition) is 2. The van der Waals surface area contributed by atoms with E-state index < -0.39 is 0 Å². The first-order chi connectivity index (χ1) is 7.71. The van der Waals surface area contributed by atoms with Crippen molar-refractivity contribution in [3.8, 4) is 5.75 Å². The second kappa shape index (κ2) is 4.96. The summed E-state index contributed by atoms with van der Waals surface area (Å²) in [5.74, 6) is -0.375. The molecule has 3 nitrogen and oxygen atoms in total. The molecule has 1 unspecified atom stereocenters. The molecular weight excluding hydrogens is 238 g/mol. The zero-order valence-electron chi connectivity index (χ0n) is 10.5. The number of carbonyl (C=O) groups excluding carboxylic acids is 1. The zero-order chi connectivity index (χ0) is 13.2. The van der Waals surface area contributed by atoms with Crippen LogP contribution in [0.5, 0.6) is 5.75 Å². The maximum atomic E-state index is 11.9. The third kappa shape index (κ3) is 3.63. The topological polar surface area (TPSA) is 49.3 Å². The van der Waals surface area contributed by atoms with Crippen LogP contribution in [0.1, 0.15) is 38.1 Å². The quantitative estimate of drug-likeness (QED) is 0.853. The molecule has 94 valence electrons. The van der Waals surface area contributed by atoms with Crippen molar-refractivity contribution in [1.29, 1.82) is 0 Å². The van der Waals surface area contributed by atoms with Gasteiger partial charge in [-0.2, -0.15) is 0 Å². The smallest absolute Gasteiger partial charge is 0.255 e. The number of hydrogen-bond donors (Lipinski definition) is 2. The highest BCUT2D eigenvalue weighted by Gasteiger charge is 2.23. The average Bonchev–Trinajstić information content (AvgIpc) is 2.20. The molecule has 4 heteroatoms. The summed E-state index contributed by atoms with van der Waals surface area (Å²) >= 11 is 5.80. The molecule has 0 bridgehead atoms. The van der Waals surface area contributed by atoms with Gasteiger partial charge in [-0.05, 0) is 30.5 Å². The van der Waals surface area contributed by atoms with Crippen molar-refractivity contribution in [2.75, 3.05) is 0 Å². The number of carbonyl (C=O) groups is 1. The van der Waals surface area contributed by atoms with Crippen molar-refractivity contribution in [3.63, 3.8) is 0 Å². The highest BCUT2D eigenvalue weighted by molar-refractivity contribution is 6.31. The van der Waals surface area contributed by atoms with Crippen molar-refractivity contribution in [2.24, 2.45) is 5.41 Å². The van der Waals surface area contributed by atoms with Gasteiger partial charge >= 0.3 is 0 Å². The average molecular weight is 256 g/mol. The van der Waals surface area contributed by atoms with Crippen LogP contribution in [0.15, 0.2) is 18.2 Å². The standard InChI is InChI=1S/C13H18ClNO2/c1-8(13(2,3)4)15-12(17)10-7-9(14)5-6-11(10)16/h5-8,16H,1-4H3,(H,15,17). The van der Waals surface area contributed by atoms with Crippen molar-refractivity contribution in [1.82, 2.24) is 5.32 Å². The Morgan fingerprint density at radius 3 is 2.53 bits per heavy atom. The minimum Gasteiger partial charge on any atom is -0.507 e. The second-order valence-electron chi connectivity index (χ2n) is 5.22. The van der Waals surface area contributed by atoms with Gasteiger partial charge in [0.1, 0.15) is 5.75 Å². The summed E-state index contributed by atoms with van der Waals surface area (Å²) in [6.07, 6.45) is 0. The van der Waals surface area contributed by atoms with Crippen LogP contribution < -0.4 is 5.32 Å². The first-order valence-electron chi connectivity index (χ1n) is 5.51. The molecule has 0 saturated carbocycles. The molecule has 0 aliphatic carbocycles. The summed E-state index contributed by atoms with van der Waals surface area (Å²) in [5, 5.41) is 12.9. The summed E-state index contributed by atoms with van der Waals surface area (Å²) in [7, 11) is 0. The molecule has 1 aromatic rings. The number of benzene rings is 1. The molecule has 2 N–H and O–H groups in total. The van der Waals surface area contributed by atoms with E-state index >= 15 is 0 Å². The largest absolute Gasteiger partial charge is 0.507 e. The van der Waals surface area contributed by atoms with Crippen LogP contribution in [-0.4, -0.2) is 17.1 Å². The maximum Gasteiger partial charge on any atom is 0.255 e. The molecule has 1 atom stereocenters. The summed E-state index contributed by atoms with van der Waals surface area (Å²) in [6, 6.07) is 4.41. The van der Waals surface area contributed by atoms with E-state index in [-0.39, 0.29) is 28.7 Å². The van der Waals surface area contributed by atoms with Gasteiger partial charge in [-0.3, -0.25) is 4.79 Å². The Bertz CT molecular complexity index is 424. The molecule has 0 aliphatic heterocycles. The van der Waals surface area contributed by atoms with E-state index in [2.05, 4.69) is 5.32 Å². The Labute approximate surface area is 107 Å². The minimum atomic E-state index is -0.313. The third-order valence-electron chi connectivity index (χ3n) is 2.85. The fourth-order valence-electron chi connectivity index (χ4n) is 1.18. The number of phenols is 1. The number of halogens is 1. The van der Waals surface area contributed by atoms with Crippen molar-refractivity contribution in [2.45, 2.75) is 33.7 Å². The summed E-state index contributed by atoms with van der Waals surface area (Å²) in [5.41, 5.74) is 0.165. The van der Waals surface area contributed by atoms with Crippen LogP contribution in [-0.2, 0) is 0 Å². The summed E-state index contributed by atoms with van der Waals surface area (Å²) in [4.78, 5) is 11.9. The van der Waals surface area contributed by atoms with Gasteiger partial charge in [0.05, 0.1) is 5.56 Å². The van der Waals surface area contributed by atoms with E-state index in [9.17, 15) is 9.90 Å². The zero-order valence-corrected chi connectivity index (χ0v) is 11.3. The van der Waals surface area contributed by atoms with Gasteiger partial charge in [0.2, 0.25) is 0 Å². The van der Waals surface area contributed by atoms with Crippen LogP contribution in [0.3, 0.4) is 0 Å². The van der Waals surface area contributed by atoms with Crippen molar-refractivity contribution >= 4 is 17.5 Å². The highest BCUT2D eigenvalue weighted by atomic mass is 35.5. The molecule has 17 heavy (non-hydrogen) atoms. The number of rotatable bonds is 2. The first-order valence-corrected chi connectivity index (χ1v) is 5.89. The lowest BCUT2D eigenvalue weighted by Crippen LogP contribution is -2.41. The number of aromatic hydroxyl groups is 1. The van der Waals surface area contributed by atoms with Gasteiger partial charge in [-0.15, -0.1) is 0 Å². The van der Waals surface area contributed by atoms with Crippen molar-refractivity contribution in [3.05, 3.63) is 28.8 Å². The highest BCUT2D eigenvalue weighted by Crippen LogP contribution is 2.23. The first kappa shape index (κ1) is 13.8. The Balaban J connectivity index is 2.87. The molecule has 1 rings (SSSR count). The van der Waals surface area contributed by atoms with Gasteiger partial charge in [0, 0.05) is 11.1 Å². The number of phenolic OH excluding ortho intramolecular Hbond substituents is 1. The molecule has 1 amide bonds. The Morgan fingerprint density at radius 2 is 2.00 bits per heavy atom. The second-order valence-corrected chi connectivity index (χ2v) is 5.66. The van der Waals surface area contributed by atoms with Gasteiger partial charge in [0.25, 0.3) is 5.91 Å². The van der Waals surface area contributed by atoms with Gasteiger partial charge < -0.3 is 10.4 Å². The normalized spacial score (nSPS) is 13.2. The molecule has 1 aromatic carbocycles. The summed E-state index contributed by atoms with van der Waals surface area (Å²) < 4.78 is 0. The van der Waals surface area contributed by atoms with E-state index in [1.165, 1.54) is 12.1 Å². The van der Waals surface area contributed by atoms with Crippen LogP contribution in [0, 0.1) is 5.41 Å². The molecule has 0 heterocycles. The maximum absolute atomic E-state index is 11.9. The molecule has 0 fully saturated rings. The van der Waals surface area contributed by atoms with Crippen molar-refractivity contribution < 1.29 is 9.90 Å². The van der Waals surface area contributed by atoms with Crippen LogP contribution in [0.4, 0.5) is 0 Å². The lowest BCUT2D eigenvalue weighted by molar-refractivity contribution is 0.0907. The monoisotopic (exact) mass is 255 g/mol. The predicted octanol–water partition coefficient (Wildman–Crippen LogP) is 3.21. The lowest BCUT2D eigenvalue weighted by Gasteiger charge is -2.28. The molecule has 0 radical (unpaired) electrons. The molecule has 0 aromatic heterocycles. The van der Waals surface area contributed by atoms with E-state index in [0.29, 0.717) is 5.02 Å².